The molecule has 0 spiro atoms. The van der Waals surface area contributed by atoms with Gasteiger partial charge >= 0.3 is 0 Å². The lowest BCUT2D eigenvalue weighted by atomic mass is 9.84. The Labute approximate surface area is 131 Å². The van der Waals surface area contributed by atoms with Gasteiger partial charge in [-0.1, -0.05) is 46.3 Å². The molecule has 2 rings (SSSR count). The number of nitriles is 2. The molecular formula is C16H11BrN2O2. The minimum absolute atomic E-state index is 0.0931. The van der Waals surface area contributed by atoms with Gasteiger partial charge in [-0.3, -0.25) is 4.79 Å². The third kappa shape index (κ3) is 3.04. The maximum absolute atomic E-state index is 12.7. The van der Waals surface area contributed by atoms with Crippen molar-refractivity contribution in [3.63, 3.8) is 0 Å². The van der Waals surface area contributed by atoms with Crippen LogP contribution in [0.1, 0.15) is 16.8 Å². The van der Waals surface area contributed by atoms with Crippen LogP contribution in [0, 0.1) is 22.7 Å². The molecule has 1 aromatic rings. The maximum Gasteiger partial charge on any atom is 0.185 e. The zero-order valence-corrected chi connectivity index (χ0v) is 12.6. The topological polar surface area (TPSA) is 73.9 Å². The second-order valence-corrected chi connectivity index (χ2v) is 5.80. The number of allylic oxidation sites excluding steroid dienone is 4. The Morgan fingerprint density at radius 1 is 1.29 bits per heavy atom. The molecule has 21 heavy (non-hydrogen) atoms. The largest absolute Gasteiger partial charge is 0.483 e. The summed E-state index contributed by atoms with van der Waals surface area (Å²) in [6.07, 6.45) is 3.36. The third-order valence-corrected chi connectivity index (χ3v) is 4.19. The highest BCUT2D eigenvalue weighted by molar-refractivity contribution is 9.10. The number of carbonyl (C=O) groups is 1. The van der Waals surface area contributed by atoms with Crippen molar-refractivity contribution in [3.8, 4) is 12.1 Å². The molecule has 0 aromatic heterocycles. The molecule has 0 heterocycles. The fraction of sp³-hybridized carbons (Fsp3) is 0.188. The number of hydrogen-bond donors (Lipinski definition) is 0. The molecule has 0 bridgehead atoms. The minimum Gasteiger partial charge on any atom is -0.483 e. The SMILES string of the molecule is N#CCOC1=CC=C(C#N)C(Br)(C(=O)c2ccccc2)C1. The molecule has 0 fully saturated rings. The van der Waals surface area contributed by atoms with Crippen LogP contribution in [0.2, 0.25) is 0 Å². The monoisotopic (exact) mass is 342 g/mol. The van der Waals surface area contributed by atoms with Crippen LogP contribution in [0.25, 0.3) is 0 Å². The lowest BCUT2D eigenvalue weighted by molar-refractivity contribution is 0.0951. The van der Waals surface area contributed by atoms with E-state index in [2.05, 4.69) is 22.0 Å². The Morgan fingerprint density at radius 2 is 2.00 bits per heavy atom. The van der Waals surface area contributed by atoms with Crippen molar-refractivity contribution in [2.45, 2.75) is 10.7 Å². The van der Waals surface area contributed by atoms with Gasteiger partial charge in [0.25, 0.3) is 0 Å². The van der Waals surface area contributed by atoms with Gasteiger partial charge in [-0.15, -0.1) is 0 Å². The van der Waals surface area contributed by atoms with Gasteiger partial charge in [-0.05, 0) is 12.2 Å². The van der Waals surface area contributed by atoms with Crippen LogP contribution in [-0.2, 0) is 4.74 Å². The van der Waals surface area contributed by atoms with Gasteiger partial charge < -0.3 is 4.74 Å². The van der Waals surface area contributed by atoms with Gasteiger partial charge in [0.05, 0.1) is 17.4 Å². The Balaban J connectivity index is 2.35. The number of carbonyl (C=O) groups excluding carboxylic acids is 1. The number of nitrogens with zero attached hydrogens (tertiary/aromatic N) is 2. The van der Waals surface area contributed by atoms with Crippen molar-refractivity contribution in [3.05, 3.63) is 59.4 Å². The van der Waals surface area contributed by atoms with Gasteiger partial charge in [0, 0.05) is 12.0 Å². The van der Waals surface area contributed by atoms with E-state index >= 15 is 0 Å². The van der Waals surface area contributed by atoms with E-state index in [1.807, 2.05) is 12.1 Å². The van der Waals surface area contributed by atoms with Gasteiger partial charge in [-0.25, -0.2) is 0 Å². The third-order valence-electron chi connectivity index (χ3n) is 3.12. The van der Waals surface area contributed by atoms with E-state index in [0.29, 0.717) is 16.9 Å². The van der Waals surface area contributed by atoms with Gasteiger partial charge in [0.2, 0.25) is 0 Å². The summed E-state index contributed by atoms with van der Waals surface area (Å²) in [7, 11) is 0. The van der Waals surface area contributed by atoms with Crippen molar-refractivity contribution in [1.82, 2.24) is 0 Å². The standard InChI is InChI=1S/C16H11BrN2O2/c17-16(15(20)12-4-2-1-3-5-12)10-14(21-9-8-18)7-6-13(16)11-19/h1-7H,9-10H2. The average molecular weight is 343 g/mol. The number of ether oxygens (including phenoxy) is 1. The Kier molecular flexibility index (Phi) is 4.57. The quantitative estimate of drug-likeness (QED) is 0.621. The summed E-state index contributed by atoms with van der Waals surface area (Å²) in [6.45, 7) is -0.0931. The van der Waals surface area contributed by atoms with Gasteiger partial charge in [0.1, 0.15) is 10.4 Å². The van der Waals surface area contributed by atoms with Crippen LogP contribution in [0.4, 0.5) is 0 Å². The van der Waals surface area contributed by atoms with Crippen molar-refractivity contribution in [1.29, 1.82) is 10.5 Å². The first-order valence-electron chi connectivity index (χ1n) is 6.22. The van der Waals surface area contributed by atoms with Crippen LogP contribution in [0.15, 0.2) is 53.8 Å². The van der Waals surface area contributed by atoms with E-state index in [1.165, 1.54) is 0 Å². The first kappa shape index (κ1) is 15.0. The van der Waals surface area contributed by atoms with Crippen LogP contribution in [0.5, 0.6) is 0 Å². The second kappa shape index (κ2) is 6.39. The first-order valence-corrected chi connectivity index (χ1v) is 7.01. The molecule has 0 N–H and O–H groups in total. The molecule has 104 valence electrons. The molecule has 0 aliphatic heterocycles. The van der Waals surface area contributed by atoms with Crippen molar-refractivity contribution >= 4 is 21.7 Å². The number of benzene rings is 1. The Hall–Kier alpha value is -2.37. The summed E-state index contributed by atoms with van der Waals surface area (Å²) in [5.74, 6) is 0.291. The Morgan fingerprint density at radius 3 is 2.62 bits per heavy atom. The predicted molar refractivity (Wildman–Crippen MR) is 80.4 cm³/mol. The van der Waals surface area contributed by atoms with E-state index in [4.69, 9.17) is 10.00 Å². The normalized spacial score (nSPS) is 20.5. The molecule has 0 amide bonds. The fourth-order valence-electron chi connectivity index (χ4n) is 2.07. The minimum atomic E-state index is -1.15. The highest BCUT2D eigenvalue weighted by atomic mass is 79.9. The summed E-state index contributed by atoms with van der Waals surface area (Å²) < 4.78 is 4.12. The summed E-state index contributed by atoms with van der Waals surface area (Å²) in [4.78, 5) is 12.7. The van der Waals surface area contributed by atoms with Crippen LogP contribution >= 0.6 is 15.9 Å². The number of hydrogen-bond acceptors (Lipinski definition) is 4. The molecule has 0 saturated carbocycles. The van der Waals surface area contributed by atoms with Crippen molar-refractivity contribution in [2.75, 3.05) is 6.61 Å². The summed E-state index contributed by atoms with van der Waals surface area (Å²) in [5.41, 5.74) is 0.831. The smallest absolute Gasteiger partial charge is 0.185 e. The van der Waals surface area contributed by atoms with E-state index in [9.17, 15) is 10.1 Å². The molecule has 4 nitrogen and oxygen atoms in total. The first-order chi connectivity index (χ1) is 10.1. The second-order valence-electron chi connectivity index (χ2n) is 4.45. The zero-order valence-electron chi connectivity index (χ0n) is 11.0. The molecule has 0 saturated heterocycles. The number of Topliss-reactive ketones (excluding diaryl/α,β-unsaturated/α-hetero) is 1. The Bertz CT molecular complexity index is 695. The molecular weight excluding hydrogens is 332 g/mol. The lowest BCUT2D eigenvalue weighted by Gasteiger charge is -2.28. The summed E-state index contributed by atoms with van der Waals surface area (Å²) in [5, 5.41) is 17.8. The number of halogens is 1. The van der Waals surface area contributed by atoms with Crippen LogP contribution in [0.3, 0.4) is 0 Å². The lowest BCUT2D eigenvalue weighted by Crippen LogP contribution is -2.36. The molecule has 0 radical (unpaired) electrons. The average Bonchev–Trinajstić information content (AvgIpc) is 2.53. The van der Waals surface area contributed by atoms with Crippen molar-refractivity contribution in [2.24, 2.45) is 0 Å². The van der Waals surface area contributed by atoms with Crippen molar-refractivity contribution < 1.29 is 9.53 Å². The number of alkyl halides is 1. The molecule has 1 aliphatic carbocycles. The predicted octanol–water partition coefficient (Wildman–Crippen LogP) is 3.28. The van der Waals surface area contributed by atoms with E-state index in [1.54, 1.807) is 36.4 Å². The molecule has 1 unspecified atom stereocenters. The number of ketones is 1. The van der Waals surface area contributed by atoms with E-state index < -0.39 is 4.32 Å². The van der Waals surface area contributed by atoms with Gasteiger partial charge in [0.15, 0.2) is 12.4 Å². The highest BCUT2D eigenvalue weighted by Gasteiger charge is 2.42. The van der Waals surface area contributed by atoms with Crippen LogP contribution in [-0.4, -0.2) is 16.7 Å². The molecule has 1 aliphatic rings. The highest BCUT2D eigenvalue weighted by Crippen LogP contribution is 2.40. The zero-order chi connectivity index (χ0) is 15.3. The molecule has 5 heteroatoms. The van der Waals surface area contributed by atoms with E-state index in [0.717, 1.165) is 0 Å². The fourth-order valence-corrected chi connectivity index (χ4v) is 2.80. The molecule has 1 aromatic carbocycles. The maximum atomic E-state index is 12.7. The van der Waals surface area contributed by atoms with Crippen LogP contribution < -0.4 is 0 Å². The number of rotatable bonds is 4. The summed E-state index contributed by atoms with van der Waals surface area (Å²) >= 11 is 3.41. The van der Waals surface area contributed by atoms with Gasteiger partial charge in [-0.2, -0.15) is 10.5 Å². The summed E-state index contributed by atoms with van der Waals surface area (Å²) in [6, 6.07) is 12.7. The molecule has 1 atom stereocenters. The van der Waals surface area contributed by atoms with E-state index in [-0.39, 0.29) is 18.8 Å².